The first kappa shape index (κ1) is 21.7. The lowest BCUT2D eigenvalue weighted by Gasteiger charge is -2.27. The molecule has 0 spiro atoms. The van der Waals surface area contributed by atoms with Crippen LogP contribution in [0.4, 0.5) is 0 Å². The summed E-state index contributed by atoms with van der Waals surface area (Å²) in [5.41, 5.74) is 9.11. The first-order valence-electron chi connectivity index (χ1n) is 11.4. The van der Waals surface area contributed by atoms with Gasteiger partial charge in [-0.3, -0.25) is 0 Å². The summed E-state index contributed by atoms with van der Waals surface area (Å²) >= 11 is 0. The second-order valence-electron chi connectivity index (χ2n) is 8.51. The summed E-state index contributed by atoms with van der Waals surface area (Å²) in [5, 5.41) is 12.2. The Morgan fingerprint density at radius 3 is 2.58 bits per heavy atom. The minimum Gasteiger partial charge on any atom is -0.493 e. The molecule has 178 valence electrons. The number of nitriles is 1. The average Bonchev–Trinajstić information content (AvgIpc) is 3.37. The molecular formula is C29H22N2O5. The molecule has 36 heavy (non-hydrogen) atoms. The Labute approximate surface area is 207 Å². The largest absolute Gasteiger partial charge is 0.493 e. The molecular weight excluding hydrogens is 456 g/mol. The van der Waals surface area contributed by atoms with Gasteiger partial charge in [0.25, 0.3) is 0 Å². The number of methoxy groups -OCH3 is 1. The smallest absolute Gasteiger partial charge is 0.231 e. The molecule has 6 rings (SSSR count). The van der Waals surface area contributed by atoms with Crippen molar-refractivity contribution < 1.29 is 23.7 Å². The number of ether oxygens (including phenoxy) is 5. The van der Waals surface area contributed by atoms with Gasteiger partial charge in [-0.05, 0) is 40.1 Å². The lowest BCUT2D eigenvalue weighted by atomic mass is 9.83. The van der Waals surface area contributed by atoms with E-state index in [1.165, 1.54) is 0 Å². The van der Waals surface area contributed by atoms with Gasteiger partial charge in [0, 0.05) is 11.6 Å². The molecule has 0 radical (unpaired) electrons. The highest BCUT2D eigenvalue weighted by molar-refractivity contribution is 5.85. The van der Waals surface area contributed by atoms with Crippen LogP contribution >= 0.6 is 0 Å². The average molecular weight is 479 g/mol. The highest BCUT2D eigenvalue weighted by atomic mass is 16.7. The molecule has 2 heterocycles. The molecule has 1 atom stereocenters. The van der Waals surface area contributed by atoms with E-state index in [2.05, 4.69) is 30.3 Å². The van der Waals surface area contributed by atoms with Crippen LogP contribution < -0.4 is 29.4 Å². The molecule has 0 saturated carbocycles. The van der Waals surface area contributed by atoms with E-state index >= 15 is 0 Å². The van der Waals surface area contributed by atoms with Crippen LogP contribution in [-0.4, -0.2) is 13.9 Å². The summed E-state index contributed by atoms with van der Waals surface area (Å²) < 4.78 is 28.7. The standard InChI is InChI=1S/C29H22N2O5/c1-32-25-11-18(9-10-23(25)33-15-19-7-4-6-17-5-2-3-8-20(17)19)28-21-12-26-27(35-16-34-26)13-24(21)36-29(31)22(28)14-30/h2-13,28H,15-16,31H2,1H3/t28-/m1/s1. The Morgan fingerprint density at radius 1 is 0.944 bits per heavy atom. The minimum atomic E-state index is -0.464. The van der Waals surface area contributed by atoms with E-state index in [9.17, 15) is 5.26 Å². The predicted molar refractivity (Wildman–Crippen MR) is 133 cm³/mol. The number of rotatable bonds is 5. The van der Waals surface area contributed by atoms with Gasteiger partial charge in [-0.25, -0.2) is 0 Å². The van der Waals surface area contributed by atoms with Crippen LogP contribution in [0, 0.1) is 11.3 Å². The summed E-state index contributed by atoms with van der Waals surface area (Å²) in [6, 6.07) is 25.8. The van der Waals surface area contributed by atoms with Crippen LogP contribution in [0.25, 0.3) is 10.8 Å². The Hall–Kier alpha value is -4.83. The second kappa shape index (κ2) is 8.75. The molecule has 4 aromatic rings. The summed E-state index contributed by atoms with van der Waals surface area (Å²) in [6.07, 6.45) is 0. The van der Waals surface area contributed by atoms with Crippen LogP contribution in [0.1, 0.15) is 22.6 Å². The van der Waals surface area contributed by atoms with Crippen molar-refractivity contribution in [2.75, 3.05) is 13.9 Å². The van der Waals surface area contributed by atoms with Crippen LogP contribution in [0.15, 0.2) is 84.3 Å². The molecule has 2 aliphatic rings. The van der Waals surface area contributed by atoms with Gasteiger partial charge in [0.2, 0.25) is 12.7 Å². The Balaban J connectivity index is 1.36. The zero-order chi connectivity index (χ0) is 24.6. The number of fused-ring (bicyclic) bond motifs is 3. The van der Waals surface area contributed by atoms with E-state index < -0.39 is 5.92 Å². The highest BCUT2D eigenvalue weighted by Gasteiger charge is 2.33. The second-order valence-corrected chi connectivity index (χ2v) is 8.51. The summed E-state index contributed by atoms with van der Waals surface area (Å²) in [4.78, 5) is 0. The molecule has 2 aliphatic heterocycles. The monoisotopic (exact) mass is 478 g/mol. The zero-order valence-corrected chi connectivity index (χ0v) is 19.5. The summed E-state index contributed by atoms with van der Waals surface area (Å²) in [7, 11) is 1.59. The van der Waals surface area contributed by atoms with Crippen molar-refractivity contribution in [1.82, 2.24) is 0 Å². The summed E-state index contributed by atoms with van der Waals surface area (Å²) in [6.45, 7) is 0.518. The van der Waals surface area contributed by atoms with Gasteiger partial charge in [-0.15, -0.1) is 0 Å². The number of nitrogens with zero attached hydrogens (tertiary/aromatic N) is 1. The predicted octanol–water partition coefficient (Wildman–Crippen LogP) is 5.37. The quantitative estimate of drug-likeness (QED) is 0.412. The molecule has 7 heteroatoms. The molecule has 0 aromatic heterocycles. The van der Waals surface area contributed by atoms with Crippen molar-refractivity contribution in [2.24, 2.45) is 5.73 Å². The molecule has 0 amide bonds. The lowest BCUT2D eigenvalue weighted by molar-refractivity contribution is 0.174. The maximum absolute atomic E-state index is 9.91. The lowest BCUT2D eigenvalue weighted by Crippen LogP contribution is -2.21. The third-order valence-corrected chi connectivity index (χ3v) is 6.49. The van der Waals surface area contributed by atoms with Gasteiger partial charge >= 0.3 is 0 Å². The van der Waals surface area contributed by atoms with E-state index in [1.807, 2.05) is 42.5 Å². The van der Waals surface area contributed by atoms with Gasteiger partial charge < -0.3 is 29.4 Å². The maximum Gasteiger partial charge on any atom is 0.231 e. The fourth-order valence-electron chi connectivity index (χ4n) is 4.75. The van der Waals surface area contributed by atoms with Crippen LogP contribution in [-0.2, 0) is 6.61 Å². The normalized spacial score (nSPS) is 15.7. The van der Waals surface area contributed by atoms with Crippen molar-refractivity contribution in [1.29, 1.82) is 5.26 Å². The SMILES string of the molecule is COc1cc([C@H]2C(C#N)=C(N)Oc3cc4c(cc32)OCO4)ccc1OCc1cccc2ccccc12. The Morgan fingerprint density at radius 2 is 1.75 bits per heavy atom. The molecule has 0 unspecified atom stereocenters. The van der Waals surface area contributed by atoms with Gasteiger partial charge in [0.05, 0.1) is 13.0 Å². The highest BCUT2D eigenvalue weighted by Crippen LogP contribution is 2.48. The molecule has 0 aliphatic carbocycles. The van der Waals surface area contributed by atoms with Crippen LogP contribution in [0.3, 0.4) is 0 Å². The van der Waals surface area contributed by atoms with E-state index in [-0.39, 0.29) is 12.7 Å². The molecule has 0 fully saturated rings. The van der Waals surface area contributed by atoms with Crippen LogP contribution in [0.5, 0.6) is 28.7 Å². The molecule has 4 aromatic carbocycles. The maximum atomic E-state index is 9.91. The third-order valence-electron chi connectivity index (χ3n) is 6.49. The minimum absolute atomic E-state index is 0.0594. The first-order chi connectivity index (χ1) is 17.7. The van der Waals surface area contributed by atoms with E-state index in [0.29, 0.717) is 40.9 Å². The van der Waals surface area contributed by atoms with Gasteiger partial charge in [-0.1, -0.05) is 48.5 Å². The number of hydrogen-bond donors (Lipinski definition) is 1. The number of hydrogen-bond acceptors (Lipinski definition) is 7. The zero-order valence-electron chi connectivity index (χ0n) is 19.5. The number of allylic oxidation sites excluding steroid dienone is 1. The molecule has 7 nitrogen and oxygen atoms in total. The Kier molecular flexibility index (Phi) is 5.27. The van der Waals surface area contributed by atoms with Crippen molar-refractivity contribution in [2.45, 2.75) is 12.5 Å². The van der Waals surface area contributed by atoms with Crippen molar-refractivity contribution in [3.8, 4) is 34.8 Å². The fraction of sp³-hybridized carbons (Fsp3) is 0.138. The topological polar surface area (TPSA) is 96.0 Å². The molecule has 2 N–H and O–H groups in total. The summed E-state index contributed by atoms with van der Waals surface area (Å²) in [5.74, 6) is 2.45. The van der Waals surface area contributed by atoms with Gasteiger partial charge in [0.15, 0.2) is 23.0 Å². The van der Waals surface area contributed by atoms with Gasteiger partial charge in [0.1, 0.15) is 24.0 Å². The van der Waals surface area contributed by atoms with Gasteiger partial charge in [-0.2, -0.15) is 5.26 Å². The van der Waals surface area contributed by atoms with Crippen molar-refractivity contribution in [3.63, 3.8) is 0 Å². The molecule has 0 saturated heterocycles. The van der Waals surface area contributed by atoms with E-state index in [0.717, 1.165) is 27.5 Å². The first-order valence-corrected chi connectivity index (χ1v) is 11.4. The third kappa shape index (κ3) is 3.60. The van der Waals surface area contributed by atoms with Crippen molar-refractivity contribution in [3.05, 3.63) is 101 Å². The van der Waals surface area contributed by atoms with E-state index in [1.54, 1.807) is 13.2 Å². The van der Waals surface area contributed by atoms with Crippen molar-refractivity contribution >= 4 is 10.8 Å². The number of nitrogens with two attached hydrogens (primary N) is 1. The molecule has 0 bridgehead atoms. The Bertz CT molecular complexity index is 1560. The van der Waals surface area contributed by atoms with Crippen LogP contribution in [0.2, 0.25) is 0 Å². The fourth-order valence-corrected chi connectivity index (χ4v) is 4.75. The van der Waals surface area contributed by atoms with E-state index in [4.69, 9.17) is 29.4 Å². The number of benzene rings is 4.